The second-order valence-corrected chi connectivity index (χ2v) is 6.80. The Morgan fingerprint density at radius 1 is 1.48 bits per heavy atom. The van der Waals surface area contributed by atoms with E-state index in [-0.39, 0.29) is 5.91 Å². The van der Waals surface area contributed by atoms with Crippen molar-refractivity contribution in [1.82, 2.24) is 10.2 Å². The van der Waals surface area contributed by atoms with Crippen molar-refractivity contribution in [2.45, 2.75) is 19.9 Å². The van der Waals surface area contributed by atoms with Crippen LogP contribution in [0, 0.1) is 0 Å². The lowest BCUT2D eigenvalue weighted by molar-refractivity contribution is 0.0953. The van der Waals surface area contributed by atoms with Crippen LogP contribution in [-0.4, -0.2) is 37.0 Å². The normalized spacial score (nSPS) is 11.5. The number of hydrogen-bond acceptors (Lipinski definition) is 4. The zero-order valence-corrected chi connectivity index (χ0v) is 14.0. The third-order valence-electron chi connectivity index (χ3n) is 3.53. The Morgan fingerprint density at radius 3 is 2.86 bits per heavy atom. The number of nitrogens with zero attached hydrogens (tertiary/aromatic N) is 1. The van der Waals surface area contributed by atoms with E-state index in [1.54, 1.807) is 12.1 Å². The number of nitrogens with two attached hydrogens (primary N) is 1. The molecule has 21 heavy (non-hydrogen) atoms. The maximum Gasteiger partial charge on any atom is 0.263 e. The molecule has 0 fully saturated rings. The highest BCUT2D eigenvalue weighted by molar-refractivity contribution is 7.21. The first kappa shape index (κ1) is 16.1. The number of carbonyl (C=O) groups excluding carboxylic acids is 1. The first-order valence-corrected chi connectivity index (χ1v) is 8.05. The maximum atomic E-state index is 12.2. The maximum absolute atomic E-state index is 12.2. The van der Waals surface area contributed by atoms with Gasteiger partial charge in [-0.2, -0.15) is 0 Å². The van der Waals surface area contributed by atoms with E-state index >= 15 is 0 Å². The Kier molecular flexibility index (Phi) is 5.08. The zero-order chi connectivity index (χ0) is 15.6. The predicted molar refractivity (Wildman–Crippen MR) is 91.3 cm³/mol. The molecule has 3 N–H and O–H groups in total. The summed E-state index contributed by atoms with van der Waals surface area (Å²) >= 11 is 7.37. The first-order chi connectivity index (χ1) is 9.90. The topological polar surface area (TPSA) is 58.4 Å². The second-order valence-electron chi connectivity index (χ2n) is 5.32. The predicted octanol–water partition coefficient (Wildman–Crippen LogP) is 3.21. The van der Waals surface area contributed by atoms with Gasteiger partial charge in [-0.3, -0.25) is 4.79 Å². The number of halogens is 1. The van der Waals surface area contributed by atoms with Crippen molar-refractivity contribution in [3.05, 3.63) is 28.1 Å². The molecule has 0 saturated heterocycles. The van der Waals surface area contributed by atoms with Gasteiger partial charge in [0.1, 0.15) is 4.88 Å². The number of carbonyl (C=O) groups is 1. The van der Waals surface area contributed by atoms with Crippen LogP contribution in [0.15, 0.2) is 18.2 Å². The van der Waals surface area contributed by atoms with E-state index in [0.717, 1.165) is 16.6 Å². The molecule has 6 heteroatoms. The van der Waals surface area contributed by atoms with Crippen molar-refractivity contribution in [1.29, 1.82) is 0 Å². The van der Waals surface area contributed by atoms with E-state index in [2.05, 4.69) is 24.1 Å². The van der Waals surface area contributed by atoms with Crippen molar-refractivity contribution in [3.63, 3.8) is 0 Å². The van der Waals surface area contributed by atoms with E-state index in [9.17, 15) is 4.79 Å². The highest BCUT2D eigenvalue weighted by atomic mass is 35.5. The number of amides is 1. The number of hydrogen-bond donors (Lipinski definition) is 2. The fourth-order valence-corrected chi connectivity index (χ4v) is 3.13. The molecule has 4 nitrogen and oxygen atoms in total. The molecule has 0 radical (unpaired) electrons. The molecular weight excluding hydrogens is 306 g/mol. The van der Waals surface area contributed by atoms with Gasteiger partial charge in [-0.1, -0.05) is 11.6 Å². The Labute approximate surface area is 133 Å². The lowest BCUT2D eigenvalue weighted by atomic mass is 10.2. The van der Waals surface area contributed by atoms with Gasteiger partial charge in [-0.15, -0.1) is 11.3 Å². The Morgan fingerprint density at radius 2 is 2.19 bits per heavy atom. The van der Waals surface area contributed by atoms with Gasteiger partial charge in [0.25, 0.3) is 5.91 Å². The van der Waals surface area contributed by atoms with Gasteiger partial charge < -0.3 is 16.0 Å². The molecule has 0 aliphatic rings. The smallest absolute Gasteiger partial charge is 0.263 e. The standard InChI is InChI=1S/C15H20ClN3OS/c1-9(2)19(3)7-6-18-15(20)14-13(17)11-8-10(16)4-5-12(11)21-14/h4-5,8-9H,6-7,17H2,1-3H3,(H,18,20). The molecule has 114 valence electrons. The summed E-state index contributed by atoms with van der Waals surface area (Å²) in [7, 11) is 2.03. The summed E-state index contributed by atoms with van der Waals surface area (Å²) in [6.07, 6.45) is 0. The molecule has 0 saturated carbocycles. The largest absolute Gasteiger partial charge is 0.397 e. The minimum Gasteiger partial charge on any atom is -0.397 e. The number of anilines is 1. The molecule has 0 bridgehead atoms. The lowest BCUT2D eigenvalue weighted by Crippen LogP contribution is -2.36. The molecule has 1 aromatic heterocycles. The Bertz CT molecular complexity index is 654. The Balaban J connectivity index is 2.08. The van der Waals surface area contributed by atoms with Crippen molar-refractivity contribution in [3.8, 4) is 0 Å². The average Bonchev–Trinajstić information content (AvgIpc) is 2.75. The zero-order valence-electron chi connectivity index (χ0n) is 12.4. The quantitative estimate of drug-likeness (QED) is 0.887. The van der Waals surface area contributed by atoms with Crippen LogP contribution in [0.25, 0.3) is 10.1 Å². The van der Waals surface area contributed by atoms with E-state index < -0.39 is 0 Å². The molecule has 0 unspecified atom stereocenters. The first-order valence-electron chi connectivity index (χ1n) is 6.86. The summed E-state index contributed by atoms with van der Waals surface area (Å²) in [5.74, 6) is -0.123. The van der Waals surface area contributed by atoms with Gasteiger partial charge in [0.05, 0.1) is 5.69 Å². The molecule has 0 atom stereocenters. The highest BCUT2D eigenvalue weighted by Crippen LogP contribution is 2.35. The number of benzene rings is 1. The summed E-state index contributed by atoms with van der Waals surface area (Å²) in [6.45, 7) is 5.65. The van der Waals surface area contributed by atoms with Crippen LogP contribution < -0.4 is 11.1 Å². The van der Waals surface area contributed by atoms with Gasteiger partial charge in [0.15, 0.2) is 0 Å². The molecule has 1 amide bonds. The van der Waals surface area contributed by atoms with E-state index in [1.165, 1.54) is 11.3 Å². The summed E-state index contributed by atoms with van der Waals surface area (Å²) in [4.78, 5) is 15.0. The van der Waals surface area contributed by atoms with Crippen LogP contribution in [0.2, 0.25) is 5.02 Å². The SMILES string of the molecule is CC(C)N(C)CCNC(=O)c1sc2ccc(Cl)cc2c1N. The lowest BCUT2D eigenvalue weighted by Gasteiger charge is -2.20. The van der Waals surface area contributed by atoms with Crippen molar-refractivity contribution >= 4 is 44.6 Å². The molecule has 0 aliphatic carbocycles. The number of nitrogens with one attached hydrogen (secondary N) is 1. The molecule has 1 aromatic carbocycles. The fourth-order valence-electron chi connectivity index (χ4n) is 1.94. The number of thiophene rings is 1. The average molecular weight is 326 g/mol. The molecule has 1 heterocycles. The fraction of sp³-hybridized carbons (Fsp3) is 0.400. The minimum absolute atomic E-state index is 0.123. The van der Waals surface area contributed by atoms with Crippen molar-refractivity contribution in [2.24, 2.45) is 0 Å². The van der Waals surface area contributed by atoms with Gasteiger partial charge >= 0.3 is 0 Å². The van der Waals surface area contributed by atoms with Crippen LogP contribution in [0.1, 0.15) is 23.5 Å². The number of likely N-dealkylation sites (N-methyl/N-ethyl adjacent to an activating group) is 1. The number of nitrogen functional groups attached to an aromatic ring is 1. The molecule has 0 spiro atoms. The van der Waals surface area contributed by atoms with Crippen LogP contribution in [0.5, 0.6) is 0 Å². The highest BCUT2D eigenvalue weighted by Gasteiger charge is 2.16. The molecular formula is C15H20ClN3OS. The van der Waals surface area contributed by atoms with E-state index in [0.29, 0.717) is 28.2 Å². The second kappa shape index (κ2) is 6.64. The van der Waals surface area contributed by atoms with E-state index in [1.807, 2.05) is 13.1 Å². The molecule has 0 aliphatic heterocycles. The van der Waals surface area contributed by atoms with Crippen molar-refractivity contribution < 1.29 is 4.79 Å². The van der Waals surface area contributed by atoms with Crippen LogP contribution in [-0.2, 0) is 0 Å². The summed E-state index contributed by atoms with van der Waals surface area (Å²) < 4.78 is 0.973. The summed E-state index contributed by atoms with van der Waals surface area (Å²) in [6, 6.07) is 5.95. The third kappa shape index (κ3) is 3.67. The number of fused-ring (bicyclic) bond motifs is 1. The molecule has 2 rings (SSSR count). The third-order valence-corrected chi connectivity index (χ3v) is 4.95. The van der Waals surface area contributed by atoms with Gasteiger partial charge in [-0.05, 0) is 39.1 Å². The monoisotopic (exact) mass is 325 g/mol. The van der Waals surface area contributed by atoms with Crippen molar-refractivity contribution in [2.75, 3.05) is 25.9 Å². The number of rotatable bonds is 5. The molecule has 2 aromatic rings. The summed E-state index contributed by atoms with van der Waals surface area (Å²) in [5, 5.41) is 4.39. The van der Waals surface area contributed by atoms with Crippen LogP contribution >= 0.6 is 22.9 Å². The van der Waals surface area contributed by atoms with Gasteiger partial charge in [0, 0.05) is 34.2 Å². The van der Waals surface area contributed by atoms with E-state index in [4.69, 9.17) is 17.3 Å². The van der Waals surface area contributed by atoms with Crippen LogP contribution in [0.4, 0.5) is 5.69 Å². The van der Waals surface area contributed by atoms with Gasteiger partial charge in [-0.25, -0.2) is 0 Å². The summed E-state index contributed by atoms with van der Waals surface area (Å²) in [5.41, 5.74) is 6.58. The minimum atomic E-state index is -0.123. The Hall–Kier alpha value is -1.30. The van der Waals surface area contributed by atoms with Gasteiger partial charge in [0.2, 0.25) is 0 Å². The van der Waals surface area contributed by atoms with Crippen LogP contribution in [0.3, 0.4) is 0 Å².